The fourth-order valence-electron chi connectivity index (χ4n) is 1.64. The first-order valence-corrected chi connectivity index (χ1v) is 5.85. The molecule has 1 aromatic heterocycles. The highest BCUT2D eigenvalue weighted by Crippen LogP contribution is 2.26. The number of carbonyl (C=O) groups excluding carboxylic acids is 1. The van der Waals surface area contributed by atoms with Crippen LogP contribution in [0.3, 0.4) is 0 Å². The molecule has 0 saturated heterocycles. The van der Waals surface area contributed by atoms with Crippen LogP contribution in [0.2, 0.25) is 5.15 Å². The minimum Gasteiger partial charge on any atom is -0.494 e. The zero-order valence-electron chi connectivity index (χ0n) is 10.2. The summed E-state index contributed by atoms with van der Waals surface area (Å²) in [6.45, 7) is 0. The highest BCUT2D eigenvalue weighted by Gasteiger charge is 2.14. The smallest absolute Gasteiger partial charge is 0.259 e. The van der Waals surface area contributed by atoms with E-state index in [1.165, 1.54) is 13.3 Å². The molecule has 0 fully saturated rings. The number of hydrogen-bond donors (Lipinski definition) is 2. The largest absolute Gasteiger partial charge is 0.494 e. The average Bonchev–Trinajstić information content (AvgIpc) is 2.38. The number of benzene rings is 1. The van der Waals surface area contributed by atoms with Crippen LogP contribution in [0, 0.1) is 0 Å². The molecular formula is C13H12ClN3O2. The van der Waals surface area contributed by atoms with Crippen LogP contribution in [0.4, 0.5) is 11.4 Å². The molecule has 2 rings (SSSR count). The second kappa shape index (κ2) is 5.58. The maximum Gasteiger partial charge on any atom is 0.259 e. The zero-order chi connectivity index (χ0) is 13.8. The number of halogens is 1. The van der Waals surface area contributed by atoms with Crippen LogP contribution in [0.5, 0.6) is 5.75 Å². The Kier molecular flexibility index (Phi) is 3.87. The van der Waals surface area contributed by atoms with E-state index in [1.807, 2.05) is 0 Å². The molecule has 0 aliphatic carbocycles. The molecule has 1 amide bonds. The van der Waals surface area contributed by atoms with Crippen molar-refractivity contribution in [2.75, 3.05) is 18.2 Å². The van der Waals surface area contributed by atoms with Crippen molar-refractivity contribution >= 4 is 28.9 Å². The Balaban J connectivity index is 2.28. The fraction of sp³-hybridized carbons (Fsp3) is 0.0769. The molecule has 1 heterocycles. The second-order valence-electron chi connectivity index (χ2n) is 3.75. The molecule has 0 aliphatic heterocycles. The van der Waals surface area contributed by atoms with Crippen LogP contribution in [0.15, 0.2) is 36.5 Å². The predicted molar refractivity (Wildman–Crippen MR) is 74.6 cm³/mol. The van der Waals surface area contributed by atoms with Crippen molar-refractivity contribution in [3.8, 4) is 5.75 Å². The molecule has 0 spiro atoms. The van der Waals surface area contributed by atoms with Gasteiger partial charge in [-0.2, -0.15) is 0 Å². The van der Waals surface area contributed by atoms with Crippen LogP contribution in [0.25, 0.3) is 0 Å². The summed E-state index contributed by atoms with van der Waals surface area (Å²) in [6, 6.07) is 8.18. The van der Waals surface area contributed by atoms with Crippen molar-refractivity contribution in [3.63, 3.8) is 0 Å². The summed E-state index contributed by atoms with van der Waals surface area (Å²) >= 11 is 5.75. The number of ether oxygens (including phenoxy) is 1. The Bertz CT molecular complexity index is 617. The van der Waals surface area contributed by atoms with Gasteiger partial charge in [0.2, 0.25) is 0 Å². The van der Waals surface area contributed by atoms with Gasteiger partial charge in [-0.15, -0.1) is 0 Å². The first-order valence-electron chi connectivity index (χ1n) is 5.47. The number of nitrogens with one attached hydrogen (secondary N) is 1. The van der Waals surface area contributed by atoms with Crippen LogP contribution >= 0.6 is 11.6 Å². The van der Waals surface area contributed by atoms with Crippen molar-refractivity contribution in [2.45, 2.75) is 0 Å². The highest BCUT2D eigenvalue weighted by molar-refractivity contribution is 6.29. The normalized spacial score (nSPS) is 10.0. The number of para-hydroxylation sites is 1. The molecule has 19 heavy (non-hydrogen) atoms. The third kappa shape index (κ3) is 2.95. The zero-order valence-corrected chi connectivity index (χ0v) is 10.9. The SMILES string of the molecule is COc1c(N)cccc1C(=O)Nc1ccnc(Cl)c1. The molecule has 0 radical (unpaired) electrons. The highest BCUT2D eigenvalue weighted by atomic mass is 35.5. The molecule has 0 atom stereocenters. The lowest BCUT2D eigenvalue weighted by atomic mass is 10.1. The molecule has 2 aromatic rings. The molecule has 5 nitrogen and oxygen atoms in total. The van der Waals surface area contributed by atoms with Gasteiger partial charge in [0.1, 0.15) is 5.15 Å². The quantitative estimate of drug-likeness (QED) is 0.668. The minimum absolute atomic E-state index is 0.303. The molecule has 0 unspecified atom stereocenters. The number of hydrogen-bond acceptors (Lipinski definition) is 4. The number of nitrogen functional groups attached to an aromatic ring is 1. The van der Waals surface area contributed by atoms with Gasteiger partial charge in [0, 0.05) is 11.9 Å². The summed E-state index contributed by atoms with van der Waals surface area (Å²) in [6.07, 6.45) is 1.51. The number of nitrogens with two attached hydrogens (primary N) is 1. The minimum atomic E-state index is -0.327. The summed E-state index contributed by atoms with van der Waals surface area (Å²) in [5.74, 6) is 0.0200. The molecule has 0 bridgehead atoms. The van der Waals surface area contributed by atoms with E-state index in [1.54, 1.807) is 30.3 Å². The number of anilines is 2. The van der Waals surface area contributed by atoms with E-state index >= 15 is 0 Å². The van der Waals surface area contributed by atoms with Gasteiger partial charge in [0.15, 0.2) is 5.75 Å². The Hall–Kier alpha value is -2.27. The maximum absolute atomic E-state index is 12.1. The van der Waals surface area contributed by atoms with Gasteiger partial charge in [-0.1, -0.05) is 17.7 Å². The Morgan fingerprint density at radius 1 is 1.42 bits per heavy atom. The Morgan fingerprint density at radius 2 is 2.21 bits per heavy atom. The second-order valence-corrected chi connectivity index (χ2v) is 4.14. The predicted octanol–water partition coefficient (Wildman–Crippen LogP) is 2.58. The molecule has 6 heteroatoms. The van der Waals surface area contributed by atoms with E-state index in [9.17, 15) is 4.79 Å². The fourth-order valence-corrected chi connectivity index (χ4v) is 1.81. The first-order chi connectivity index (χ1) is 9.11. The molecule has 3 N–H and O–H groups in total. The van der Waals surface area contributed by atoms with Gasteiger partial charge in [-0.25, -0.2) is 4.98 Å². The molecule has 0 aliphatic rings. The van der Waals surface area contributed by atoms with E-state index < -0.39 is 0 Å². The van der Waals surface area contributed by atoms with E-state index in [0.29, 0.717) is 27.8 Å². The molecule has 98 valence electrons. The summed E-state index contributed by atoms with van der Waals surface area (Å²) < 4.78 is 5.13. The average molecular weight is 278 g/mol. The van der Waals surface area contributed by atoms with E-state index in [4.69, 9.17) is 22.1 Å². The van der Waals surface area contributed by atoms with E-state index in [0.717, 1.165) is 0 Å². The number of rotatable bonds is 3. The van der Waals surface area contributed by atoms with Crippen LogP contribution in [-0.4, -0.2) is 18.0 Å². The van der Waals surface area contributed by atoms with Crippen molar-refractivity contribution in [3.05, 3.63) is 47.2 Å². The van der Waals surface area contributed by atoms with Gasteiger partial charge in [0.05, 0.1) is 18.4 Å². The van der Waals surface area contributed by atoms with Gasteiger partial charge in [-0.05, 0) is 24.3 Å². The number of pyridine rings is 1. The summed E-state index contributed by atoms with van der Waals surface area (Å²) in [7, 11) is 1.46. The number of methoxy groups -OCH3 is 1. The van der Waals surface area contributed by atoms with Crippen molar-refractivity contribution in [1.29, 1.82) is 0 Å². The van der Waals surface area contributed by atoms with Crippen molar-refractivity contribution in [1.82, 2.24) is 4.98 Å². The van der Waals surface area contributed by atoms with Gasteiger partial charge in [-0.3, -0.25) is 4.79 Å². The van der Waals surface area contributed by atoms with Crippen LogP contribution in [0.1, 0.15) is 10.4 Å². The molecule has 1 aromatic carbocycles. The number of amides is 1. The topological polar surface area (TPSA) is 77.2 Å². The number of carbonyl (C=O) groups is 1. The molecule has 0 saturated carbocycles. The summed E-state index contributed by atoms with van der Waals surface area (Å²) in [5, 5.41) is 3.01. The lowest BCUT2D eigenvalue weighted by molar-refractivity contribution is 0.102. The van der Waals surface area contributed by atoms with Crippen molar-refractivity contribution in [2.24, 2.45) is 0 Å². The van der Waals surface area contributed by atoms with Gasteiger partial charge >= 0.3 is 0 Å². The van der Waals surface area contributed by atoms with Crippen LogP contribution in [-0.2, 0) is 0 Å². The maximum atomic E-state index is 12.1. The van der Waals surface area contributed by atoms with E-state index in [2.05, 4.69) is 10.3 Å². The lowest BCUT2D eigenvalue weighted by Crippen LogP contribution is -2.14. The standard InChI is InChI=1S/C13H12ClN3O2/c1-19-12-9(3-2-4-10(12)15)13(18)17-8-5-6-16-11(14)7-8/h2-7H,15H2,1H3,(H,16,17,18). The third-order valence-corrected chi connectivity index (χ3v) is 2.69. The monoisotopic (exact) mass is 277 g/mol. The van der Waals surface area contributed by atoms with Crippen molar-refractivity contribution < 1.29 is 9.53 Å². The van der Waals surface area contributed by atoms with Crippen LogP contribution < -0.4 is 15.8 Å². The van der Waals surface area contributed by atoms with E-state index in [-0.39, 0.29) is 5.91 Å². The lowest BCUT2D eigenvalue weighted by Gasteiger charge is -2.11. The number of nitrogens with zero attached hydrogens (tertiary/aromatic N) is 1. The third-order valence-electron chi connectivity index (χ3n) is 2.48. The summed E-state index contributed by atoms with van der Waals surface area (Å²) in [4.78, 5) is 16.0. The number of aromatic nitrogens is 1. The Morgan fingerprint density at radius 3 is 2.89 bits per heavy atom. The molecular weight excluding hydrogens is 266 g/mol. The van der Waals surface area contributed by atoms with Gasteiger partial charge in [0.25, 0.3) is 5.91 Å². The van der Waals surface area contributed by atoms with Gasteiger partial charge < -0.3 is 15.8 Å². The summed E-state index contributed by atoms with van der Waals surface area (Å²) in [5.41, 5.74) is 7.06. The first kappa shape index (κ1) is 13.2. The Labute approximate surface area is 115 Å².